The largest absolute Gasteiger partial charge is 0.496 e. The Bertz CT molecular complexity index is 734. The number of amides is 1. The molecular weight excluding hydrogens is 316 g/mol. The fourth-order valence-electron chi connectivity index (χ4n) is 3.33. The summed E-state index contributed by atoms with van der Waals surface area (Å²) in [6.07, 6.45) is 3.65. The van der Waals surface area contributed by atoms with Gasteiger partial charge in [-0.1, -0.05) is 17.3 Å². The molecule has 1 fully saturated rings. The average molecular weight is 342 g/mol. The van der Waals surface area contributed by atoms with Crippen LogP contribution in [0.1, 0.15) is 47.8 Å². The van der Waals surface area contributed by atoms with Gasteiger partial charge in [0.25, 0.3) is 0 Å². The van der Waals surface area contributed by atoms with Crippen LogP contribution in [0.3, 0.4) is 0 Å². The first-order chi connectivity index (χ1) is 12.1. The van der Waals surface area contributed by atoms with E-state index in [1.165, 1.54) is 18.4 Å². The lowest BCUT2D eigenvalue weighted by Crippen LogP contribution is -2.27. The van der Waals surface area contributed by atoms with Crippen molar-refractivity contribution in [3.8, 4) is 5.75 Å². The smallest absolute Gasteiger partial charge is 0.220 e. The standard InChI is InChI=1S/C20H26N2O3/c1-13-10-16(6-7-19(13)24-3)18(15-4-5-15)12-20(23)21-9-8-17-11-14(2)25-22-17/h6-7,10-11,15,18H,4-5,8-9,12H2,1-3H3,(H,21,23). The van der Waals surface area contributed by atoms with Gasteiger partial charge in [0.1, 0.15) is 11.5 Å². The van der Waals surface area contributed by atoms with Crippen LogP contribution in [-0.2, 0) is 11.2 Å². The van der Waals surface area contributed by atoms with Crippen LogP contribution >= 0.6 is 0 Å². The Hall–Kier alpha value is -2.30. The van der Waals surface area contributed by atoms with Crippen LogP contribution in [0.2, 0.25) is 0 Å². The maximum Gasteiger partial charge on any atom is 0.220 e. The van der Waals surface area contributed by atoms with Crippen molar-refractivity contribution in [3.63, 3.8) is 0 Å². The highest BCUT2D eigenvalue weighted by molar-refractivity contribution is 5.77. The molecule has 1 aromatic carbocycles. The van der Waals surface area contributed by atoms with E-state index in [1.54, 1.807) is 7.11 Å². The van der Waals surface area contributed by atoms with Gasteiger partial charge in [0.05, 0.1) is 12.8 Å². The van der Waals surface area contributed by atoms with Gasteiger partial charge in [-0.05, 0) is 55.7 Å². The first kappa shape index (κ1) is 17.5. The molecule has 1 aliphatic carbocycles. The number of hydrogen-bond acceptors (Lipinski definition) is 4. The van der Waals surface area contributed by atoms with Crippen LogP contribution in [0.25, 0.3) is 0 Å². The molecule has 1 aromatic heterocycles. The molecule has 1 amide bonds. The number of rotatable bonds is 8. The summed E-state index contributed by atoms with van der Waals surface area (Å²) in [5.41, 5.74) is 3.23. The number of carbonyl (C=O) groups excluding carboxylic acids is 1. The van der Waals surface area contributed by atoms with E-state index >= 15 is 0 Å². The number of nitrogens with zero attached hydrogens (tertiary/aromatic N) is 1. The first-order valence-corrected chi connectivity index (χ1v) is 8.90. The minimum atomic E-state index is 0.102. The molecule has 0 saturated heterocycles. The second-order valence-electron chi connectivity index (χ2n) is 6.91. The zero-order chi connectivity index (χ0) is 17.8. The van der Waals surface area contributed by atoms with E-state index in [2.05, 4.69) is 22.6 Å². The molecule has 134 valence electrons. The molecule has 1 aliphatic rings. The van der Waals surface area contributed by atoms with Gasteiger partial charge in [0.15, 0.2) is 0 Å². The lowest BCUT2D eigenvalue weighted by molar-refractivity contribution is -0.121. The van der Waals surface area contributed by atoms with E-state index in [-0.39, 0.29) is 5.91 Å². The summed E-state index contributed by atoms with van der Waals surface area (Å²) < 4.78 is 10.4. The van der Waals surface area contributed by atoms with Crippen LogP contribution in [0.5, 0.6) is 5.75 Å². The molecule has 3 rings (SSSR count). The summed E-state index contributed by atoms with van der Waals surface area (Å²) in [5, 5.41) is 6.96. The fraction of sp³-hybridized carbons (Fsp3) is 0.500. The summed E-state index contributed by atoms with van der Waals surface area (Å²) in [6.45, 7) is 4.50. The SMILES string of the molecule is COc1ccc(C(CC(=O)NCCc2cc(C)on2)C2CC2)cc1C. The lowest BCUT2D eigenvalue weighted by Gasteiger charge is -2.18. The summed E-state index contributed by atoms with van der Waals surface area (Å²) in [7, 11) is 1.68. The Morgan fingerprint density at radius 1 is 1.36 bits per heavy atom. The molecule has 1 atom stereocenters. The van der Waals surface area contributed by atoms with E-state index in [0.29, 0.717) is 31.2 Å². The Kier molecular flexibility index (Phi) is 5.41. The first-order valence-electron chi connectivity index (χ1n) is 8.90. The maximum atomic E-state index is 12.4. The number of ether oxygens (including phenoxy) is 1. The van der Waals surface area contributed by atoms with Gasteiger partial charge in [0, 0.05) is 25.5 Å². The maximum absolute atomic E-state index is 12.4. The Morgan fingerprint density at radius 3 is 2.76 bits per heavy atom. The highest BCUT2D eigenvalue weighted by Crippen LogP contribution is 2.45. The molecule has 0 radical (unpaired) electrons. The predicted octanol–water partition coefficient (Wildman–Crippen LogP) is 3.54. The van der Waals surface area contributed by atoms with Gasteiger partial charge in [-0.15, -0.1) is 0 Å². The van der Waals surface area contributed by atoms with Crippen molar-refractivity contribution < 1.29 is 14.1 Å². The molecule has 1 heterocycles. The number of aryl methyl sites for hydroxylation is 2. The molecule has 0 spiro atoms. The third kappa shape index (κ3) is 4.62. The third-order valence-corrected chi connectivity index (χ3v) is 4.82. The zero-order valence-corrected chi connectivity index (χ0v) is 15.2. The van der Waals surface area contributed by atoms with Crippen LogP contribution in [-0.4, -0.2) is 24.7 Å². The van der Waals surface area contributed by atoms with E-state index in [0.717, 1.165) is 22.8 Å². The van der Waals surface area contributed by atoms with E-state index in [9.17, 15) is 4.79 Å². The van der Waals surface area contributed by atoms with Crippen LogP contribution in [0.4, 0.5) is 0 Å². The normalized spacial score (nSPS) is 15.0. The average Bonchev–Trinajstić information content (AvgIpc) is 3.35. The molecule has 5 heteroatoms. The number of methoxy groups -OCH3 is 1. The van der Waals surface area contributed by atoms with Crippen molar-refractivity contribution in [1.29, 1.82) is 0 Å². The highest BCUT2D eigenvalue weighted by Gasteiger charge is 2.33. The van der Waals surface area contributed by atoms with Gasteiger partial charge >= 0.3 is 0 Å². The molecular formula is C20H26N2O3. The summed E-state index contributed by atoms with van der Waals surface area (Å²) in [5.74, 6) is 2.71. The van der Waals surface area contributed by atoms with Crippen LogP contribution in [0, 0.1) is 19.8 Å². The molecule has 1 N–H and O–H groups in total. The quantitative estimate of drug-likeness (QED) is 0.797. The van der Waals surface area contributed by atoms with Gasteiger partial charge in [0.2, 0.25) is 5.91 Å². The number of aromatic nitrogens is 1. The van der Waals surface area contributed by atoms with Gasteiger partial charge < -0.3 is 14.6 Å². The van der Waals surface area contributed by atoms with Crippen molar-refractivity contribution in [2.45, 2.75) is 45.4 Å². The summed E-state index contributed by atoms with van der Waals surface area (Å²) in [4.78, 5) is 12.4. The topological polar surface area (TPSA) is 64.4 Å². The lowest BCUT2D eigenvalue weighted by atomic mass is 9.89. The molecule has 1 unspecified atom stereocenters. The van der Waals surface area contributed by atoms with Crippen molar-refractivity contribution in [2.24, 2.45) is 5.92 Å². The third-order valence-electron chi connectivity index (χ3n) is 4.82. The molecule has 2 aromatic rings. The van der Waals surface area contributed by atoms with E-state index < -0.39 is 0 Å². The Labute approximate surface area is 148 Å². The summed E-state index contributed by atoms with van der Waals surface area (Å²) in [6, 6.07) is 8.16. The van der Waals surface area contributed by atoms with Gasteiger partial charge in [-0.25, -0.2) is 0 Å². The zero-order valence-electron chi connectivity index (χ0n) is 15.2. The van der Waals surface area contributed by atoms with Gasteiger partial charge in [-0.2, -0.15) is 0 Å². The number of nitrogens with one attached hydrogen (secondary N) is 1. The summed E-state index contributed by atoms with van der Waals surface area (Å²) >= 11 is 0. The Balaban J connectivity index is 1.56. The van der Waals surface area contributed by atoms with Crippen molar-refractivity contribution in [1.82, 2.24) is 10.5 Å². The second kappa shape index (κ2) is 7.72. The number of benzene rings is 1. The molecule has 0 bridgehead atoms. The minimum Gasteiger partial charge on any atom is -0.496 e. The van der Waals surface area contributed by atoms with Gasteiger partial charge in [-0.3, -0.25) is 4.79 Å². The second-order valence-corrected chi connectivity index (χ2v) is 6.91. The predicted molar refractivity (Wildman–Crippen MR) is 95.8 cm³/mol. The van der Waals surface area contributed by atoms with Crippen molar-refractivity contribution in [2.75, 3.05) is 13.7 Å². The number of hydrogen-bond donors (Lipinski definition) is 1. The molecule has 0 aliphatic heterocycles. The van der Waals surface area contributed by atoms with E-state index in [1.807, 2.05) is 26.0 Å². The van der Waals surface area contributed by atoms with Crippen molar-refractivity contribution >= 4 is 5.91 Å². The molecule has 1 saturated carbocycles. The molecule has 25 heavy (non-hydrogen) atoms. The van der Waals surface area contributed by atoms with Crippen LogP contribution < -0.4 is 10.1 Å². The highest BCUT2D eigenvalue weighted by atomic mass is 16.5. The monoisotopic (exact) mass is 342 g/mol. The van der Waals surface area contributed by atoms with E-state index in [4.69, 9.17) is 9.26 Å². The van der Waals surface area contributed by atoms with Crippen LogP contribution in [0.15, 0.2) is 28.8 Å². The Morgan fingerprint density at radius 2 is 2.16 bits per heavy atom. The number of carbonyl (C=O) groups is 1. The molecule has 5 nitrogen and oxygen atoms in total. The minimum absolute atomic E-state index is 0.102. The fourth-order valence-corrected chi connectivity index (χ4v) is 3.33. The van der Waals surface area contributed by atoms with Crippen molar-refractivity contribution in [3.05, 3.63) is 46.8 Å².